The molecule has 0 spiro atoms. The molecule has 1 N–H and O–H groups in total. The fraction of sp³-hybridized carbons (Fsp3) is 0.333. The highest BCUT2D eigenvalue weighted by Gasteiger charge is 2.32. The van der Waals surface area contributed by atoms with Gasteiger partial charge in [-0.05, 0) is 72.6 Å². The Morgan fingerprint density at radius 3 is 2.43 bits per heavy atom. The highest BCUT2D eigenvalue weighted by Crippen LogP contribution is 2.32. The van der Waals surface area contributed by atoms with Crippen LogP contribution in [-0.2, 0) is 22.6 Å². The van der Waals surface area contributed by atoms with E-state index in [4.69, 9.17) is 27.6 Å². The van der Waals surface area contributed by atoms with E-state index in [1.54, 1.807) is 35.2 Å². The van der Waals surface area contributed by atoms with Crippen LogP contribution in [0, 0.1) is 0 Å². The van der Waals surface area contributed by atoms with Gasteiger partial charge in [0.25, 0.3) is 5.91 Å². The number of carbonyl (C=O) groups is 3. The van der Waals surface area contributed by atoms with E-state index in [2.05, 4.69) is 17.4 Å². The molecule has 4 aromatic rings. The quantitative estimate of drug-likeness (QED) is 0.237. The summed E-state index contributed by atoms with van der Waals surface area (Å²) in [6.45, 7) is 2.44. The number of hydrogen-bond donors (Lipinski definition) is 1. The molecule has 2 aliphatic rings. The van der Waals surface area contributed by atoms with Crippen LogP contribution in [0.1, 0.15) is 65.3 Å². The molecule has 6 rings (SSSR count). The van der Waals surface area contributed by atoms with Gasteiger partial charge in [0.05, 0.1) is 10.4 Å². The van der Waals surface area contributed by atoms with Gasteiger partial charge in [0.2, 0.25) is 11.8 Å². The molecule has 8 nitrogen and oxygen atoms in total. The number of rotatable bonds is 8. The second kappa shape index (κ2) is 14.1. The number of carbonyl (C=O) groups excluding carboxylic acids is 3. The van der Waals surface area contributed by atoms with Crippen molar-refractivity contribution in [2.24, 2.45) is 0 Å². The molecule has 1 aromatic heterocycles. The predicted molar refractivity (Wildman–Crippen MR) is 178 cm³/mol. The largest absolute Gasteiger partial charge is 0.449 e. The lowest BCUT2D eigenvalue weighted by atomic mass is 9.86. The average molecular weight is 661 g/mol. The fourth-order valence-corrected chi connectivity index (χ4v) is 6.82. The Balaban J connectivity index is 1.18. The van der Waals surface area contributed by atoms with E-state index in [0.717, 1.165) is 49.4 Å². The highest BCUT2D eigenvalue weighted by atomic mass is 35.5. The molecule has 2 aliphatic heterocycles. The molecular formula is C36H35Cl2N3O5. The normalized spacial score (nSPS) is 16.4. The first-order valence-corrected chi connectivity index (χ1v) is 16.4. The first kappa shape index (κ1) is 31.8. The maximum absolute atomic E-state index is 14.0. The van der Waals surface area contributed by atoms with E-state index in [0.29, 0.717) is 31.1 Å². The molecule has 238 valence electrons. The van der Waals surface area contributed by atoms with Gasteiger partial charge in [-0.2, -0.15) is 0 Å². The number of piperidine rings is 2. The smallest absolute Gasteiger partial charge is 0.287 e. The van der Waals surface area contributed by atoms with E-state index in [1.165, 1.54) is 5.56 Å². The molecule has 0 unspecified atom stereocenters. The zero-order valence-electron chi connectivity index (χ0n) is 25.3. The van der Waals surface area contributed by atoms with Crippen molar-refractivity contribution in [1.29, 1.82) is 0 Å². The number of para-hydroxylation sites is 1. The van der Waals surface area contributed by atoms with Gasteiger partial charge in [-0.3, -0.25) is 19.2 Å². The zero-order chi connectivity index (χ0) is 32.2. The Morgan fingerprint density at radius 2 is 1.67 bits per heavy atom. The van der Waals surface area contributed by atoms with Crippen molar-refractivity contribution in [3.63, 3.8) is 0 Å². The molecule has 1 atom stereocenters. The molecule has 46 heavy (non-hydrogen) atoms. The molecule has 2 fully saturated rings. The number of benzene rings is 3. The SMILES string of the molecule is O=C(N[C@H](Cc1ccc(Cl)cc1)C(=O)N1CCC(c2ccccc2CN2CCCCC2=O)CC1)c1cc(=O)c2cccc(Cl)c2o1. The molecule has 0 radical (unpaired) electrons. The van der Waals surface area contributed by atoms with E-state index in [-0.39, 0.29) is 45.9 Å². The Bertz CT molecular complexity index is 1810. The third kappa shape index (κ3) is 7.13. The topological polar surface area (TPSA) is 99.9 Å². The number of fused-ring (bicyclic) bond motifs is 1. The van der Waals surface area contributed by atoms with E-state index in [1.807, 2.05) is 29.2 Å². The van der Waals surface area contributed by atoms with Crippen LogP contribution in [0.25, 0.3) is 11.0 Å². The fourth-order valence-electron chi connectivity index (χ4n) is 6.48. The number of nitrogens with one attached hydrogen (secondary N) is 1. The van der Waals surface area contributed by atoms with Crippen molar-refractivity contribution in [3.05, 3.63) is 116 Å². The Kier molecular flexibility index (Phi) is 9.75. The van der Waals surface area contributed by atoms with Gasteiger partial charge >= 0.3 is 0 Å². The second-order valence-electron chi connectivity index (χ2n) is 12.0. The third-order valence-corrected chi connectivity index (χ3v) is 9.52. The first-order chi connectivity index (χ1) is 22.3. The second-order valence-corrected chi connectivity index (χ2v) is 12.9. The lowest BCUT2D eigenvalue weighted by Gasteiger charge is -2.36. The first-order valence-electron chi connectivity index (χ1n) is 15.7. The van der Waals surface area contributed by atoms with Crippen LogP contribution >= 0.6 is 23.2 Å². The molecule has 3 amide bonds. The van der Waals surface area contributed by atoms with Crippen molar-refractivity contribution in [2.45, 2.75) is 57.0 Å². The van der Waals surface area contributed by atoms with Crippen LogP contribution in [0.4, 0.5) is 0 Å². The minimum atomic E-state index is -0.908. The average Bonchev–Trinajstić information content (AvgIpc) is 3.07. The van der Waals surface area contributed by atoms with Gasteiger partial charge in [-0.1, -0.05) is 65.7 Å². The van der Waals surface area contributed by atoms with E-state index >= 15 is 0 Å². The van der Waals surface area contributed by atoms with Crippen molar-refractivity contribution in [2.75, 3.05) is 19.6 Å². The summed E-state index contributed by atoms with van der Waals surface area (Å²) in [6, 6.07) is 20.4. The molecule has 2 saturated heterocycles. The molecule has 0 saturated carbocycles. The predicted octanol–water partition coefficient (Wildman–Crippen LogP) is 6.36. The van der Waals surface area contributed by atoms with Gasteiger partial charge in [0, 0.05) is 50.1 Å². The summed E-state index contributed by atoms with van der Waals surface area (Å²) >= 11 is 12.3. The summed E-state index contributed by atoms with van der Waals surface area (Å²) in [6.07, 6.45) is 4.34. The van der Waals surface area contributed by atoms with Crippen LogP contribution in [0.2, 0.25) is 10.0 Å². The number of likely N-dealkylation sites (tertiary alicyclic amines) is 2. The molecule has 10 heteroatoms. The molecule has 3 aromatic carbocycles. The van der Waals surface area contributed by atoms with Gasteiger partial charge in [0.15, 0.2) is 16.8 Å². The molecular weight excluding hydrogens is 625 g/mol. The maximum Gasteiger partial charge on any atom is 0.287 e. The van der Waals surface area contributed by atoms with Crippen molar-refractivity contribution < 1.29 is 18.8 Å². The van der Waals surface area contributed by atoms with Crippen molar-refractivity contribution in [1.82, 2.24) is 15.1 Å². The standard InChI is InChI=1S/C36H35Cl2N3O5/c37-26-13-11-23(12-14-26)20-30(39-35(44)32-21-31(42)28-8-5-9-29(38)34(28)46-32)36(45)40-18-15-24(16-19-40)27-7-2-1-6-25(27)22-41-17-4-3-10-33(41)43/h1-2,5-9,11-14,21,24,30H,3-4,10,15-20,22H2,(H,39,44)/t30-/m1/s1. The Morgan fingerprint density at radius 1 is 0.913 bits per heavy atom. The van der Waals surface area contributed by atoms with Crippen molar-refractivity contribution >= 4 is 51.9 Å². The lowest BCUT2D eigenvalue weighted by molar-refractivity contribution is -0.135. The Hall–Kier alpha value is -4.14. The van der Waals surface area contributed by atoms with Gasteiger partial charge < -0.3 is 19.5 Å². The van der Waals surface area contributed by atoms with Crippen molar-refractivity contribution in [3.8, 4) is 0 Å². The molecule has 0 aliphatic carbocycles. The number of hydrogen-bond acceptors (Lipinski definition) is 5. The minimum Gasteiger partial charge on any atom is -0.449 e. The highest BCUT2D eigenvalue weighted by molar-refractivity contribution is 6.34. The van der Waals surface area contributed by atoms with E-state index < -0.39 is 17.4 Å². The van der Waals surface area contributed by atoms with Crippen LogP contribution in [0.5, 0.6) is 0 Å². The summed E-state index contributed by atoms with van der Waals surface area (Å²) in [5, 5.41) is 3.88. The van der Waals surface area contributed by atoms with Gasteiger partial charge in [-0.25, -0.2) is 0 Å². The van der Waals surface area contributed by atoms with Crippen LogP contribution < -0.4 is 10.7 Å². The summed E-state index contributed by atoms with van der Waals surface area (Å²) in [7, 11) is 0. The summed E-state index contributed by atoms with van der Waals surface area (Å²) in [4.78, 5) is 56.4. The number of nitrogens with zero attached hydrogens (tertiary/aromatic N) is 2. The number of amides is 3. The van der Waals surface area contributed by atoms with Gasteiger partial charge in [0.1, 0.15) is 6.04 Å². The number of halogens is 2. The summed E-state index contributed by atoms with van der Waals surface area (Å²) < 4.78 is 5.75. The molecule has 3 heterocycles. The van der Waals surface area contributed by atoms with Crippen LogP contribution in [0.3, 0.4) is 0 Å². The van der Waals surface area contributed by atoms with Crippen LogP contribution in [0.15, 0.2) is 82.0 Å². The third-order valence-electron chi connectivity index (χ3n) is 8.97. The minimum absolute atomic E-state index is 0.120. The summed E-state index contributed by atoms with van der Waals surface area (Å²) in [5.74, 6) is -0.651. The van der Waals surface area contributed by atoms with E-state index in [9.17, 15) is 19.2 Å². The van der Waals surface area contributed by atoms with Crippen LogP contribution in [-0.4, -0.2) is 53.2 Å². The Labute approximate surface area is 277 Å². The molecule has 0 bridgehead atoms. The maximum atomic E-state index is 14.0. The lowest BCUT2D eigenvalue weighted by Crippen LogP contribution is -2.51. The zero-order valence-corrected chi connectivity index (χ0v) is 26.9. The monoisotopic (exact) mass is 659 g/mol. The summed E-state index contributed by atoms with van der Waals surface area (Å²) in [5.41, 5.74) is 2.93. The van der Waals surface area contributed by atoms with Gasteiger partial charge in [-0.15, -0.1) is 0 Å².